The van der Waals surface area contributed by atoms with Crippen LogP contribution in [0.15, 0.2) is 77.7 Å². The van der Waals surface area contributed by atoms with E-state index in [2.05, 4.69) is 5.32 Å². The van der Waals surface area contributed by atoms with Crippen LogP contribution in [0.1, 0.15) is 11.1 Å². The fraction of sp³-hybridized carbons (Fsp3) is 0.115. The number of nitrogens with one attached hydrogen (secondary N) is 1. The number of rotatable bonds is 8. The minimum absolute atomic E-state index is 0.0590. The van der Waals surface area contributed by atoms with Gasteiger partial charge in [-0.25, -0.2) is 4.39 Å². The number of hydrogen-bond donors (Lipinski definition) is 1. The maximum atomic E-state index is 13.1. The lowest BCUT2D eigenvalue weighted by Gasteiger charge is -2.12. The number of nitrogens with zero attached hydrogens (tertiary/aromatic N) is 1. The number of benzene rings is 3. The Balaban J connectivity index is 1.42. The highest BCUT2D eigenvalue weighted by molar-refractivity contribution is 8.18. The molecule has 9 heteroatoms. The van der Waals surface area contributed by atoms with Gasteiger partial charge in [0.25, 0.3) is 17.1 Å². The zero-order valence-corrected chi connectivity index (χ0v) is 19.5. The predicted octanol–water partition coefficient (Wildman–Crippen LogP) is 5.09. The molecule has 3 aromatic rings. The van der Waals surface area contributed by atoms with Crippen LogP contribution in [0.3, 0.4) is 0 Å². The van der Waals surface area contributed by atoms with E-state index in [1.807, 2.05) is 18.2 Å². The third-order valence-electron chi connectivity index (χ3n) is 5.03. The minimum Gasteiger partial charge on any atom is -0.493 e. The van der Waals surface area contributed by atoms with Crippen molar-refractivity contribution in [1.29, 1.82) is 0 Å². The molecule has 0 aliphatic carbocycles. The van der Waals surface area contributed by atoms with Crippen LogP contribution in [0.5, 0.6) is 11.5 Å². The highest BCUT2D eigenvalue weighted by atomic mass is 32.2. The lowest BCUT2D eigenvalue weighted by molar-refractivity contribution is -0.123. The smallest absolute Gasteiger partial charge is 0.293 e. The number of para-hydroxylation sites is 1. The molecule has 1 fully saturated rings. The topological polar surface area (TPSA) is 84.9 Å². The molecule has 0 spiro atoms. The Morgan fingerprint density at radius 1 is 1.03 bits per heavy atom. The number of methoxy groups -OCH3 is 1. The highest BCUT2D eigenvalue weighted by Gasteiger charge is 2.35. The molecule has 1 aliphatic heterocycles. The Morgan fingerprint density at radius 2 is 1.77 bits per heavy atom. The zero-order chi connectivity index (χ0) is 24.8. The van der Waals surface area contributed by atoms with Crippen LogP contribution in [-0.2, 0) is 16.1 Å². The third kappa shape index (κ3) is 6.07. The van der Waals surface area contributed by atoms with Gasteiger partial charge in [-0.1, -0.05) is 36.4 Å². The van der Waals surface area contributed by atoms with Crippen LogP contribution in [0.25, 0.3) is 6.08 Å². The molecule has 1 heterocycles. The van der Waals surface area contributed by atoms with Crippen LogP contribution in [0.2, 0.25) is 0 Å². The second kappa shape index (κ2) is 10.9. The summed E-state index contributed by atoms with van der Waals surface area (Å²) in [5, 5.41) is 2.33. The summed E-state index contributed by atoms with van der Waals surface area (Å²) in [4.78, 5) is 38.7. The molecule has 3 aromatic carbocycles. The first-order valence-corrected chi connectivity index (χ1v) is 11.4. The van der Waals surface area contributed by atoms with E-state index in [9.17, 15) is 18.8 Å². The summed E-state index contributed by atoms with van der Waals surface area (Å²) in [5.41, 5.74) is 1.93. The van der Waals surface area contributed by atoms with Gasteiger partial charge in [-0.3, -0.25) is 19.3 Å². The number of hydrogen-bond acceptors (Lipinski definition) is 6. The Morgan fingerprint density at radius 3 is 2.49 bits per heavy atom. The van der Waals surface area contributed by atoms with Crippen LogP contribution in [0, 0.1) is 5.82 Å². The van der Waals surface area contributed by atoms with Gasteiger partial charge in [0.15, 0.2) is 18.1 Å². The molecule has 1 aliphatic rings. The van der Waals surface area contributed by atoms with Crippen molar-refractivity contribution in [1.82, 2.24) is 4.90 Å². The normalized spacial score (nSPS) is 14.3. The molecule has 0 aromatic heterocycles. The molecule has 1 saturated heterocycles. The Labute approximate surface area is 205 Å². The van der Waals surface area contributed by atoms with Gasteiger partial charge in [-0.2, -0.15) is 0 Å². The molecule has 0 radical (unpaired) electrons. The molecule has 0 atom stereocenters. The Kier molecular flexibility index (Phi) is 7.47. The second-order valence-electron chi connectivity index (χ2n) is 7.51. The molecule has 0 bridgehead atoms. The predicted molar refractivity (Wildman–Crippen MR) is 131 cm³/mol. The summed E-state index contributed by atoms with van der Waals surface area (Å²) < 4.78 is 24.1. The van der Waals surface area contributed by atoms with E-state index in [1.165, 1.54) is 31.4 Å². The van der Waals surface area contributed by atoms with E-state index in [0.29, 0.717) is 28.3 Å². The largest absolute Gasteiger partial charge is 0.493 e. The maximum Gasteiger partial charge on any atom is 0.293 e. The fourth-order valence-corrected chi connectivity index (χ4v) is 4.15. The first-order valence-electron chi connectivity index (χ1n) is 10.6. The molecule has 35 heavy (non-hydrogen) atoms. The van der Waals surface area contributed by atoms with Crippen LogP contribution in [-0.4, -0.2) is 35.7 Å². The zero-order valence-electron chi connectivity index (χ0n) is 18.7. The number of halogens is 1. The lowest BCUT2D eigenvalue weighted by atomic mass is 10.1. The third-order valence-corrected chi connectivity index (χ3v) is 5.94. The average Bonchev–Trinajstić information content (AvgIpc) is 3.12. The minimum atomic E-state index is -0.429. The van der Waals surface area contributed by atoms with E-state index in [-0.39, 0.29) is 29.8 Å². The number of carbonyl (C=O) groups is 3. The molecule has 3 amide bonds. The van der Waals surface area contributed by atoms with Crippen molar-refractivity contribution in [3.8, 4) is 11.5 Å². The van der Waals surface area contributed by atoms with E-state index >= 15 is 0 Å². The van der Waals surface area contributed by atoms with Gasteiger partial charge in [0.05, 0.1) is 18.6 Å². The fourth-order valence-electron chi connectivity index (χ4n) is 3.32. The molecule has 4 rings (SSSR count). The summed E-state index contributed by atoms with van der Waals surface area (Å²) in [6.07, 6.45) is 1.59. The van der Waals surface area contributed by atoms with E-state index in [0.717, 1.165) is 16.7 Å². The molecule has 7 nitrogen and oxygen atoms in total. The number of thioether (sulfide) groups is 1. The van der Waals surface area contributed by atoms with Crippen molar-refractivity contribution in [2.45, 2.75) is 6.54 Å². The van der Waals surface area contributed by atoms with E-state index < -0.39 is 11.1 Å². The van der Waals surface area contributed by atoms with Gasteiger partial charge in [0.2, 0.25) is 0 Å². The van der Waals surface area contributed by atoms with Crippen molar-refractivity contribution in [2.24, 2.45) is 0 Å². The first-order chi connectivity index (χ1) is 16.9. The summed E-state index contributed by atoms with van der Waals surface area (Å²) in [6, 6.07) is 19.6. The van der Waals surface area contributed by atoms with Gasteiger partial charge in [0.1, 0.15) is 5.82 Å². The molecule has 178 valence electrons. The lowest BCUT2D eigenvalue weighted by Crippen LogP contribution is -2.27. The Bertz CT molecular complexity index is 1280. The van der Waals surface area contributed by atoms with Gasteiger partial charge >= 0.3 is 0 Å². The van der Waals surface area contributed by atoms with E-state index in [4.69, 9.17) is 9.47 Å². The maximum absolute atomic E-state index is 13.1. The Hall–Kier alpha value is -4.11. The van der Waals surface area contributed by atoms with Crippen molar-refractivity contribution in [3.05, 3.63) is 94.6 Å². The molecular formula is C26H21FN2O5S. The number of anilines is 1. The van der Waals surface area contributed by atoms with Crippen molar-refractivity contribution in [3.63, 3.8) is 0 Å². The van der Waals surface area contributed by atoms with Gasteiger partial charge in [0, 0.05) is 5.69 Å². The van der Waals surface area contributed by atoms with Crippen molar-refractivity contribution >= 4 is 40.6 Å². The summed E-state index contributed by atoms with van der Waals surface area (Å²) in [6.45, 7) is -0.156. The first kappa shape index (κ1) is 24.0. The highest BCUT2D eigenvalue weighted by Crippen LogP contribution is 2.35. The molecule has 0 unspecified atom stereocenters. The molecule has 1 N–H and O–H groups in total. The summed E-state index contributed by atoms with van der Waals surface area (Å²) in [7, 11) is 1.46. The molecule has 0 saturated carbocycles. The summed E-state index contributed by atoms with van der Waals surface area (Å²) >= 11 is 0.831. The van der Waals surface area contributed by atoms with Gasteiger partial charge in [-0.15, -0.1) is 0 Å². The van der Waals surface area contributed by atoms with Crippen molar-refractivity contribution < 1.29 is 28.2 Å². The van der Waals surface area contributed by atoms with E-state index in [1.54, 1.807) is 36.4 Å². The molecular weight excluding hydrogens is 471 g/mol. The monoisotopic (exact) mass is 492 g/mol. The average molecular weight is 493 g/mol. The number of imide groups is 1. The SMILES string of the molecule is COc1cc(/C=C2\SC(=O)N(Cc3ccc(F)cc3)C2=O)ccc1OCC(=O)Nc1ccccc1. The number of ether oxygens (including phenoxy) is 2. The summed E-state index contributed by atoms with van der Waals surface area (Å²) in [5.74, 6) is -0.409. The van der Waals surface area contributed by atoms with Crippen LogP contribution in [0.4, 0.5) is 14.9 Å². The second-order valence-corrected chi connectivity index (χ2v) is 8.50. The van der Waals surface area contributed by atoms with Crippen LogP contribution >= 0.6 is 11.8 Å². The van der Waals surface area contributed by atoms with Crippen LogP contribution < -0.4 is 14.8 Å². The van der Waals surface area contributed by atoms with Gasteiger partial charge in [-0.05, 0) is 65.4 Å². The number of carbonyl (C=O) groups excluding carboxylic acids is 3. The number of amides is 3. The quantitative estimate of drug-likeness (QED) is 0.441. The standard InChI is InChI=1S/C26H21FN2O5S/c1-33-22-13-18(9-12-21(22)34-16-24(30)28-20-5-3-2-4-6-20)14-23-25(31)29(26(32)35-23)15-17-7-10-19(27)11-8-17/h2-14H,15-16H2,1H3,(H,28,30)/b23-14-. The van der Waals surface area contributed by atoms with Gasteiger partial charge < -0.3 is 14.8 Å². The van der Waals surface area contributed by atoms with Crippen molar-refractivity contribution in [2.75, 3.05) is 19.0 Å².